The number of piperidine rings is 1. The van der Waals surface area contributed by atoms with Crippen LogP contribution in [0.25, 0.3) is 5.69 Å². The molecule has 1 unspecified atom stereocenters. The maximum absolute atomic E-state index is 12.8. The van der Waals surface area contributed by atoms with E-state index in [4.69, 9.17) is 34.8 Å². The lowest BCUT2D eigenvalue weighted by Gasteiger charge is -2.39. The van der Waals surface area contributed by atoms with Crippen molar-refractivity contribution in [2.75, 3.05) is 24.5 Å². The SMILES string of the molecule is CC1CCCN1C1CCN(c2cnn(-c3ccc(Cl)cc3Cl)c(=O)c2Cl)CC1. The number of halogens is 3. The number of benzene rings is 1. The first kappa shape index (κ1) is 20.0. The van der Waals surface area contributed by atoms with Crippen LogP contribution in [-0.4, -0.2) is 46.4 Å². The van der Waals surface area contributed by atoms with E-state index < -0.39 is 0 Å². The Kier molecular flexibility index (Phi) is 5.88. The minimum absolute atomic E-state index is 0.175. The molecule has 150 valence electrons. The molecule has 0 aliphatic carbocycles. The molecule has 1 aromatic heterocycles. The number of likely N-dealkylation sites (tertiary alicyclic amines) is 1. The zero-order valence-corrected chi connectivity index (χ0v) is 18.0. The van der Waals surface area contributed by atoms with Gasteiger partial charge in [-0.2, -0.15) is 9.78 Å². The van der Waals surface area contributed by atoms with Crippen LogP contribution in [-0.2, 0) is 0 Å². The van der Waals surface area contributed by atoms with Gasteiger partial charge in [-0.15, -0.1) is 0 Å². The van der Waals surface area contributed by atoms with E-state index in [1.54, 1.807) is 24.4 Å². The van der Waals surface area contributed by atoms with Crippen molar-refractivity contribution >= 4 is 40.5 Å². The van der Waals surface area contributed by atoms with E-state index in [9.17, 15) is 4.79 Å². The van der Waals surface area contributed by atoms with Crippen LogP contribution in [0.2, 0.25) is 15.1 Å². The molecule has 1 aromatic carbocycles. The number of rotatable bonds is 3. The quantitative estimate of drug-likeness (QED) is 0.695. The van der Waals surface area contributed by atoms with E-state index in [1.165, 1.54) is 24.1 Å². The fourth-order valence-corrected chi connectivity index (χ4v) is 5.14. The summed E-state index contributed by atoms with van der Waals surface area (Å²) in [5.74, 6) is 0. The molecular weight excluding hydrogens is 419 g/mol. The van der Waals surface area contributed by atoms with Crippen molar-refractivity contribution in [3.8, 4) is 5.69 Å². The highest BCUT2D eigenvalue weighted by Crippen LogP contribution is 2.30. The van der Waals surface area contributed by atoms with Crippen molar-refractivity contribution in [1.29, 1.82) is 0 Å². The Labute approximate surface area is 179 Å². The Morgan fingerprint density at radius 3 is 2.43 bits per heavy atom. The average Bonchev–Trinajstić information content (AvgIpc) is 3.11. The predicted molar refractivity (Wildman–Crippen MR) is 116 cm³/mol. The highest BCUT2D eigenvalue weighted by Gasteiger charge is 2.31. The minimum Gasteiger partial charge on any atom is -0.369 e. The fraction of sp³-hybridized carbons (Fsp3) is 0.500. The number of aromatic nitrogens is 2. The Morgan fingerprint density at radius 2 is 1.79 bits per heavy atom. The van der Waals surface area contributed by atoms with E-state index in [2.05, 4.69) is 21.8 Å². The van der Waals surface area contributed by atoms with Gasteiger partial charge in [0.25, 0.3) is 5.56 Å². The van der Waals surface area contributed by atoms with Gasteiger partial charge in [0.1, 0.15) is 5.02 Å². The van der Waals surface area contributed by atoms with Crippen LogP contribution in [0.15, 0.2) is 29.2 Å². The summed E-state index contributed by atoms with van der Waals surface area (Å²) in [6.07, 6.45) is 6.40. The second-order valence-electron chi connectivity index (χ2n) is 7.60. The maximum atomic E-state index is 12.8. The van der Waals surface area contributed by atoms with Crippen LogP contribution < -0.4 is 10.5 Å². The number of hydrogen-bond donors (Lipinski definition) is 0. The van der Waals surface area contributed by atoms with E-state index in [1.807, 2.05) is 0 Å². The third-order valence-corrected chi connectivity index (χ3v) is 6.81. The largest absolute Gasteiger partial charge is 0.369 e. The van der Waals surface area contributed by atoms with Crippen LogP contribution in [0.4, 0.5) is 5.69 Å². The van der Waals surface area contributed by atoms with Gasteiger partial charge < -0.3 is 4.90 Å². The average molecular weight is 442 g/mol. The Hall–Kier alpha value is -1.27. The summed E-state index contributed by atoms with van der Waals surface area (Å²) in [6.45, 7) is 5.27. The molecule has 8 heteroatoms. The molecule has 28 heavy (non-hydrogen) atoms. The zero-order chi connectivity index (χ0) is 19.8. The molecule has 2 saturated heterocycles. The molecule has 0 saturated carbocycles. The zero-order valence-electron chi connectivity index (χ0n) is 15.7. The molecule has 5 nitrogen and oxygen atoms in total. The monoisotopic (exact) mass is 440 g/mol. The van der Waals surface area contributed by atoms with Gasteiger partial charge in [0.15, 0.2) is 0 Å². The van der Waals surface area contributed by atoms with Crippen molar-refractivity contribution < 1.29 is 0 Å². The second-order valence-corrected chi connectivity index (χ2v) is 8.83. The van der Waals surface area contributed by atoms with Crippen molar-refractivity contribution in [1.82, 2.24) is 14.7 Å². The third kappa shape index (κ3) is 3.78. The summed E-state index contributed by atoms with van der Waals surface area (Å²) in [5, 5.41) is 5.35. The molecule has 2 fully saturated rings. The summed E-state index contributed by atoms with van der Waals surface area (Å²) in [4.78, 5) is 17.6. The predicted octanol–water partition coefficient (Wildman–Crippen LogP) is 4.65. The van der Waals surface area contributed by atoms with Crippen molar-refractivity contribution in [2.24, 2.45) is 0 Å². The first-order valence-corrected chi connectivity index (χ1v) is 10.8. The Bertz CT molecular complexity index is 924. The minimum atomic E-state index is -0.376. The van der Waals surface area contributed by atoms with Crippen molar-refractivity contribution in [2.45, 2.75) is 44.7 Å². The third-order valence-electron chi connectivity index (χ3n) is 5.92. The first-order chi connectivity index (χ1) is 13.5. The molecule has 0 radical (unpaired) electrons. The standard InChI is InChI=1S/C20H23Cl3N4O/c1-13-3-2-8-26(13)15-6-9-25(10-7-15)18-12-24-27(20(28)19(18)23)17-5-4-14(21)11-16(17)22/h4-5,11-13,15H,2-3,6-10H2,1H3. The van der Waals surface area contributed by atoms with E-state index >= 15 is 0 Å². The van der Waals surface area contributed by atoms with Crippen molar-refractivity contribution in [3.63, 3.8) is 0 Å². The molecule has 0 spiro atoms. The van der Waals surface area contributed by atoms with Gasteiger partial charge in [-0.3, -0.25) is 9.69 Å². The first-order valence-electron chi connectivity index (χ1n) is 9.69. The van der Waals surface area contributed by atoms with Crippen LogP contribution in [0.5, 0.6) is 0 Å². The molecular formula is C20H23Cl3N4O. The molecule has 3 heterocycles. The lowest BCUT2D eigenvalue weighted by molar-refractivity contribution is 0.163. The molecule has 2 aromatic rings. The Balaban J connectivity index is 1.54. The van der Waals surface area contributed by atoms with E-state index in [0.717, 1.165) is 25.9 Å². The van der Waals surface area contributed by atoms with E-state index in [-0.39, 0.29) is 10.6 Å². The maximum Gasteiger partial charge on any atom is 0.292 e. The van der Waals surface area contributed by atoms with Gasteiger partial charge in [0.2, 0.25) is 0 Å². The van der Waals surface area contributed by atoms with Crippen molar-refractivity contribution in [3.05, 3.63) is 49.8 Å². The smallest absolute Gasteiger partial charge is 0.292 e. The van der Waals surface area contributed by atoms with E-state index in [0.29, 0.717) is 33.5 Å². The molecule has 0 N–H and O–H groups in total. The summed E-state index contributed by atoms with van der Waals surface area (Å²) in [5.41, 5.74) is 0.783. The van der Waals surface area contributed by atoms with Crippen LogP contribution in [0, 0.1) is 0 Å². The Morgan fingerprint density at radius 1 is 1.04 bits per heavy atom. The van der Waals surface area contributed by atoms with Crippen LogP contribution in [0.3, 0.4) is 0 Å². The van der Waals surface area contributed by atoms with Gasteiger partial charge in [0.05, 0.1) is 22.6 Å². The molecule has 0 amide bonds. The van der Waals surface area contributed by atoms with Crippen LogP contribution in [0.1, 0.15) is 32.6 Å². The van der Waals surface area contributed by atoms with Gasteiger partial charge in [-0.1, -0.05) is 34.8 Å². The summed E-state index contributed by atoms with van der Waals surface area (Å²) in [6, 6.07) is 6.21. The lowest BCUT2D eigenvalue weighted by Crippen LogP contribution is -2.46. The van der Waals surface area contributed by atoms with Crippen LogP contribution >= 0.6 is 34.8 Å². The molecule has 0 bridgehead atoms. The topological polar surface area (TPSA) is 41.4 Å². The lowest BCUT2D eigenvalue weighted by atomic mass is 10.0. The summed E-state index contributed by atoms with van der Waals surface area (Å²) in [7, 11) is 0. The summed E-state index contributed by atoms with van der Waals surface area (Å²) >= 11 is 18.6. The molecule has 2 aliphatic heterocycles. The fourth-order valence-electron chi connectivity index (χ4n) is 4.41. The number of nitrogens with zero attached hydrogens (tertiary/aromatic N) is 4. The second kappa shape index (κ2) is 8.23. The van der Waals surface area contributed by atoms with Gasteiger partial charge in [-0.05, 0) is 57.4 Å². The highest BCUT2D eigenvalue weighted by molar-refractivity contribution is 6.36. The van der Waals surface area contributed by atoms with Gasteiger partial charge >= 0.3 is 0 Å². The molecule has 4 rings (SSSR count). The number of anilines is 1. The number of hydrogen-bond acceptors (Lipinski definition) is 4. The van der Waals surface area contributed by atoms with Gasteiger partial charge in [-0.25, -0.2) is 0 Å². The molecule has 1 atom stereocenters. The van der Waals surface area contributed by atoms with Gasteiger partial charge in [0, 0.05) is 30.2 Å². The normalized spacial score (nSPS) is 21.4. The summed E-state index contributed by atoms with van der Waals surface area (Å²) < 4.78 is 1.23. The molecule has 2 aliphatic rings. The highest BCUT2D eigenvalue weighted by atomic mass is 35.5.